The fourth-order valence-corrected chi connectivity index (χ4v) is 0.681. The van der Waals surface area contributed by atoms with Gasteiger partial charge in [-0.05, 0) is 26.8 Å². The van der Waals surface area contributed by atoms with Crippen molar-refractivity contribution < 1.29 is 15.0 Å². The van der Waals surface area contributed by atoms with Gasteiger partial charge in [-0.1, -0.05) is 0 Å². The summed E-state index contributed by atoms with van der Waals surface area (Å²) in [7, 11) is 0. The zero-order chi connectivity index (χ0) is 9.61. The molecule has 0 rings (SSSR count). The van der Waals surface area contributed by atoms with Crippen LogP contribution in [0.15, 0.2) is 0 Å². The monoisotopic (exact) mass is 175 g/mol. The summed E-state index contributed by atoms with van der Waals surface area (Å²) < 4.78 is 0. The van der Waals surface area contributed by atoms with E-state index >= 15 is 0 Å². The lowest BCUT2D eigenvalue weighted by Crippen LogP contribution is -2.36. The molecular weight excluding hydrogens is 158 g/mol. The van der Waals surface area contributed by atoms with Crippen LogP contribution in [0.2, 0.25) is 0 Å². The lowest BCUT2D eigenvalue weighted by molar-refractivity contribution is -0.146. The molecule has 0 amide bonds. The van der Waals surface area contributed by atoms with Gasteiger partial charge in [0.25, 0.3) is 0 Å². The van der Waals surface area contributed by atoms with Crippen molar-refractivity contribution in [3.8, 4) is 0 Å². The largest absolute Gasteiger partial charge is 0.481 e. The Morgan fingerprint density at radius 3 is 2.50 bits per heavy atom. The third kappa shape index (κ3) is 4.31. The molecule has 0 aromatic carbocycles. The number of nitrogens with one attached hydrogen (secondary N) is 1. The lowest BCUT2D eigenvalue weighted by Gasteiger charge is -2.19. The molecule has 0 saturated heterocycles. The Hall–Kier alpha value is -0.610. The van der Waals surface area contributed by atoms with Crippen LogP contribution in [0.1, 0.15) is 20.3 Å². The Morgan fingerprint density at radius 1 is 1.50 bits per heavy atom. The molecular formula is C8H17NO3. The molecule has 0 fully saturated rings. The molecule has 0 spiro atoms. The highest BCUT2D eigenvalue weighted by Crippen LogP contribution is 2.12. The molecule has 0 aliphatic rings. The van der Waals surface area contributed by atoms with Crippen LogP contribution in [0.3, 0.4) is 0 Å². The van der Waals surface area contributed by atoms with Gasteiger partial charge in [0, 0.05) is 13.2 Å². The number of hydrogen-bond donors (Lipinski definition) is 3. The van der Waals surface area contributed by atoms with Crippen molar-refractivity contribution in [3.05, 3.63) is 0 Å². The van der Waals surface area contributed by atoms with Crippen LogP contribution in [0.4, 0.5) is 0 Å². The third-order valence-electron chi connectivity index (χ3n) is 1.66. The summed E-state index contributed by atoms with van der Waals surface area (Å²) in [5, 5.41) is 20.1. The maximum absolute atomic E-state index is 10.6. The summed E-state index contributed by atoms with van der Waals surface area (Å²) in [6.45, 7) is 4.57. The zero-order valence-electron chi connectivity index (χ0n) is 7.63. The van der Waals surface area contributed by atoms with Gasteiger partial charge in [0.1, 0.15) is 0 Å². The molecule has 0 aromatic rings. The topological polar surface area (TPSA) is 69.6 Å². The second-order valence-corrected chi connectivity index (χ2v) is 3.44. The normalized spacial score (nSPS) is 11.6. The van der Waals surface area contributed by atoms with E-state index in [1.54, 1.807) is 13.8 Å². The number of aliphatic carboxylic acids is 1. The summed E-state index contributed by atoms with van der Waals surface area (Å²) in [5.41, 5.74) is -0.727. The first-order valence-corrected chi connectivity index (χ1v) is 4.05. The van der Waals surface area contributed by atoms with Crippen molar-refractivity contribution >= 4 is 5.97 Å². The molecule has 12 heavy (non-hydrogen) atoms. The van der Waals surface area contributed by atoms with E-state index in [0.717, 1.165) is 0 Å². The van der Waals surface area contributed by atoms with Gasteiger partial charge in [0.05, 0.1) is 5.41 Å². The van der Waals surface area contributed by atoms with E-state index < -0.39 is 11.4 Å². The first-order chi connectivity index (χ1) is 5.50. The van der Waals surface area contributed by atoms with Crippen molar-refractivity contribution in [2.45, 2.75) is 20.3 Å². The van der Waals surface area contributed by atoms with Gasteiger partial charge in [0.15, 0.2) is 0 Å². The Morgan fingerprint density at radius 2 is 2.08 bits per heavy atom. The van der Waals surface area contributed by atoms with Gasteiger partial charge in [0.2, 0.25) is 0 Å². The molecule has 0 unspecified atom stereocenters. The first-order valence-electron chi connectivity index (χ1n) is 4.05. The minimum atomic E-state index is -0.806. The Balaban J connectivity index is 3.54. The number of carboxylic acids is 1. The molecule has 0 atom stereocenters. The second kappa shape index (κ2) is 5.11. The SMILES string of the molecule is CC(C)(CNCCCO)C(=O)O. The molecule has 3 N–H and O–H groups in total. The Kier molecular flexibility index (Phi) is 4.85. The van der Waals surface area contributed by atoms with Crippen molar-refractivity contribution in [1.29, 1.82) is 0 Å². The minimum absolute atomic E-state index is 0.139. The van der Waals surface area contributed by atoms with E-state index in [0.29, 0.717) is 19.5 Å². The summed E-state index contributed by atoms with van der Waals surface area (Å²) in [4.78, 5) is 10.6. The molecule has 0 saturated carbocycles. The number of carbonyl (C=O) groups is 1. The smallest absolute Gasteiger partial charge is 0.310 e. The summed E-state index contributed by atoms with van der Waals surface area (Å²) in [5.74, 6) is -0.806. The molecule has 0 heterocycles. The van der Waals surface area contributed by atoms with Gasteiger partial charge in [-0.25, -0.2) is 0 Å². The van der Waals surface area contributed by atoms with Gasteiger partial charge >= 0.3 is 5.97 Å². The molecule has 72 valence electrons. The molecule has 4 heteroatoms. The van der Waals surface area contributed by atoms with E-state index in [2.05, 4.69) is 5.32 Å². The standard InChI is InChI=1S/C8H17NO3/c1-8(2,7(11)12)6-9-4-3-5-10/h9-10H,3-6H2,1-2H3,(H,11,12). The van der Waals surface area contributed by atoms with Crippen LogP contribution in [0, 0.1) is 5.41 Å². The fourth-order valence-electron chi connectivity index (χ4n) is 0.681. The number of carboxylic acid groups (broad SMARTS) is 1. The number of rotatable bonds is 6. The van der Waals surface area contributed by atoms with Crippen LogP contribution in [0.5, 0.6) is 0 Å². The fraction of sp³-hybridized carbons (Fsp3) is 0.875. The van der Waals surface area contributed by atoms with Crippen LogP contribution in [0.25, 0.3) is 0 Å². The predicted octanol–water partition coefficient (Wildman–Crippen LogP) is 0.0692. The predicted molar refractivity (Wildman–Crippen MR) is 46.0 cm³/mol. The van der Waals surface area contributed by atoms with Crippen molar-refractivity contribution in [1.82, 2.24) is 5.32 Å². The average Bonchev–Trinajstić information content (AvgIpc) is 1.98. The number of aliphatic hydroxyl groups is 1. The molecule has 0 radical (unpaired) electrons. The maximum atomic E-state index is 10.6. The van der Waals surface area contributed by atoms with E-state index in [-0.39, 0.29) is 6.61 Å². The van der Waals surface area contributed by atoms with Gasteiger partial charge in [-0.15, -0.1) is 0 Å². The third-order valence-corrected chi connectivity index (χ3v) is 1.66. The quantitative estimate of drug-likeness (QED) is 0.500. The van der Waals surface area contributed by atoms with E-state index in [1.165, 1.54) is 0 Å². The highest BCUT2D eigenvalue weighted by Gasteiger charge is 2.25. The van der Waals surface area contributed by atoms with Gasteiger partial charge < -0.3 is 15.5 Å². The summed E-state index contributed by atoms with van der Waals surface area (Å²) in [6.07, 6.45) is 0.662. The summed E-state index contributed by atoms with van der Waals surface area (Å²) >= 11 is 0. The lowest BCUT2D eigenvalue weighted by atomic mass is 9.94. The van der Waals surface area contributed by atoms with Crippen LogP contribution >= 0.6 is 0 Å². The van der Waals surface area contributed by atoms with Crippen molar-refractivity contribution in [2.24, 2.45) is 5.41 Å². The van der Waals surface area contributed by atoms with Crippen molar-refractivity contribution in [2.75, 3.05) is 19.7 Å². The average molecular weight is 175 g/mol. The van der Waals surface area contributed by atoms with Crippen molar-refractivity contribution in [3.63, 3.8) is 0 Å². The van der Waals surface area contributed by atoms with E-state index in [4.69, 9.17) is 10.2 Å². The number of hydrogen-bond acceptors (Lipinski definition) is 3. The molecule has 4 nitrogen and oxygen atoms in total. The van der Waals surface area contributed by atoms with Gasteiger partial charge in [-0.3, -0.25) is 4.79 Å². The summed E-state index contributed by atoms with van der Waals surface area (Å²) in [6, 6.07) is 0. The first kappa shape index (κ1) is 11.4. The van der Waals surface area contributed by atoms with E-state index in [9.17, 15) is 4.79 Å². The zero-order valence-corrected chi connectivity index (χ0v) is 7.63. The molecule has 0 aliphatic heterocycles. The Labute approximate surface area is 72.6 Å². The highest BCUT2D eigenvalue weighted by molar-refractivity contribution is 5.73. The molecule has 0 aliphatic carbocycles. The Bertz CT molecular complexity index is 145. The van der Waals surface area contributed by atoms with Crippen LogP contribution in [-0.2, 0) is 4.79 Å². The van der Waals surface area contributed by atoms with Gasteiger partial charge in [-0.2, -0.15) is 0 Å². The number of aliphatic hydroxyl groups excluding tert-OH is 1. The second-order valence-electron chi connectivity index (χ2n) is 3.44. The van der Waals surface area contributed by atoms with E-state index in [1.807, 2.05) is 0 Å². The van der Waals surface area contributed by atoms with Crippen LogP contribution in [-0.4, -0.2) is 35.9 Å². The minimum Gasteiger partial charge on any atom is -0.481 e. The van der Waals surface area contributed by atoms with Crippen LogP contribution < -0.4 is 5.32 Å². The molecule has 0 aromatic heterocycles. The highest BCUT2D eigenvalue weighted by atomic mass is 16.4. The molecule has 0 bridgehead atoms. The maximum Gasteiger partial charge on any atom is 0.310 e.